The van der Waals surface area contributed by atoms with Crippen LogP contribution < -0.4 is 14.4 Å². The van der Waals surface area contributed by atoms with Crippen LogP contribution in [-0.4, -0.2) is 62.2 Å². The first kappa shape index (κ1) is 19.5. The molecule has 0 saturated heterocycles. The normalized spacial score (nSPS) is 10.3. The van der Waals surface area contributed by atoms with E-state index in [0.29, 0.717) is 30.4 Å². The van der Waals surface area contributed by atoms with Crippen molar-refractivity contribution in [2.24, 2.45) is 0 Å². The molecule has 7 heteroatoms. The summed E-state index contributed by atoms with van der Waals surface area (Å²) < 4.78 is 10.8. The number of aromatic nitrogens is 2. The zero-order valence-corrected chi connectivity index (χ0v) is 16.0. The second kappa shape index (κ2) is 9.03. The molecular weight excluding hydrogens is 332 g/mol. The second-order valence-electron chi connectivity index (χ2n) is 6.17. The summed E-state index contributed by atoms with van der Waals surface area (Å²) in [6, 6.07) is 7.43. The van der Waals surface area contributed by atoms with Gasteiger partial charge < -0.3 is 19.3 Å². The van der Waals surface area contributed by atoms with E-state index >= 15 is 0 Å². The van der Waals surface area contributed by atoms with Gasteiger partial charge in [0.05, 0.1) is 25.0 Å². The minimum atomic E-state index is -0.0859. The van der Waals surface area contributed by atoms with Gasteiger partial charge in [-0.1, -0.05) is 0 Å². The van der Waals surface area contributed by atoms with Crippen molar-refractivity contribution in [1.82, 2.24) is 14.9 Å². The van der Waals surface area contributed by atoms with E-state index in [4.69, 9.17) is 9.47 Å². The molecule has 26 heavy (non-hydrogen) atoms. The Bertz CT molecular complexity index is 732. The molecule has 1 aromatic heterocycles. The highest BCUT2D eigenvalue weighted by molar-refractivity contribution is 5.94. The number of anilines is 1. The number of methoxy groups -OCH3 is 1. The lowest BCUT2D eigenvalue weighted by atomic mass is 10.2. The van der Waals surface area contributed by atoms with Crippen LogP contribution >= 0.6 is 0 Å². The summed E-state index contributed by atoms with van der Waals surface area (Å²) in [5.74, 6) is 2.08. The molecule has 0 aliphatic heterocycles. The summed E-state index contributed by atoms with van der Waals surface area (Å²) in [4.78, 5) is 24.6. The van der Waals surface area contributed by atoms with Crippen LogP contribution in [0, 0.1) is 6.92 Å². The molecule has 0 aliphatic rings. The van der Waals surface area contributed by atoms with Crippen molar-refractivity contribution in [3.05, 3.63) is 41.7 Å². The predicted molar refractivity (Wildman–Crippen MR) is 101 cm³/mol. The minimum Gasteiger partial charge on any atom is -0.497 e. The molecule has 0 saturated carbocycles. The lowest BCUT2D eigenvalue weighted by Crippen LogP contribution is -2.30. The van der Waals surface area contributed by atoms with Gasteiger partial charge in [-0.25, -0.2) is 9.97 Å². The fourth-order valence-corrected chi connectivity index (χ4v) is 2.35. The number of carbonyl (C=O) groups is 1. The van der Waals surface area contributed by atoms with Crippen LogP contribution in [0.3, 0.4) is 0 Å². The van der Waals surface area contributed by atoms with Crippen molar-refractivity contribution in [3.63, 3.8) is 0 Å². The minimum absolute atomic E-state index is 0.0859. The molecule has 2 aromatic rings. The number of hydrogen-bond acceptors (Lipinski definition) is 6. The molecular formula is C19H26N4O3. The lowest BCUT2D eigenvalue weighted by Gasteiger charge is -2.19. The van der Waals surface area contributed by atoms with Gasteiger partial charge >= 0.3 is 0 Å². The first-order chi connectivity index (χ1) is 12.4. The Morgan fingerprint density at radius 3 is 2.35 bits per heavy atom. The molecule has 1 amide bonds. The highest BCUT2D eigenvalue weighted by atomic mass is 16.5. The molecule has 0 unspecified atom stereocenters. The van der Waals surface area contributed by atoms with E-state index in [-0.39, 0.29) is 5.91 Å². The monoisotopic (exact) mass is 358 g/mol. The highest BCUT2D eigenvalue weighted by Crippen LogP contribution is 2.17. The topological polar surface area (TPSA) is 67.8 Å². The average Bonchev–Trinajstić information content (AvgIpc) is 2.64. The van der Waals surface area contributed by atoms with Gasteiger partial charge in [-0.15, -0.1) is 0 Å². The molecule has 140 valence electrons. The Kier molecular flexibility index (Phi) is 6.77. The maximum atomic E-state index is 12.6. The standard InChI is InChI=1S/C19H26N4O3/c1-14-17(13-20-19(21-14)22(2)3)18(24)23(4)11-6-12-26-16-9-7-15(25-5)8-10-16/h7-10,13H,6,11-12H2,1-5H3. The number of nitrogens with zero attached hydrogens (tertiary/aromatic N) is 4. The molecule has 0 atom stereocenters. The smallest absolute Gasteiger partial charge is 0.257 e. The molecule has 0 spiro atoms. The van der Waals surface area contributed by atoms with Crippen molar-refractivity contribution in [2.75, 3.05) is 46.3 Å². The van der Waals surface area contributed by atoms with Crippen LogP contribution in [-0.2, 0) is 0 Å². The van der Waals surface area contributed by atoms with E-state index in [1.807, 2.05) is 50.2 Å². The van der Waals surface area contributed by atoms with E-state index < -0.39 is 0 Å². The van der Waals surface area contributed by atoms with Gasteiger partial charge in [0.25, 0.3) is 5.91 Å². The second-order valence-corrected chi connectivity index (χ2v) is 6.17. The third-order valence-corrected chi connectivity index (χ3v) is 3.91. The van der Waals surface area contributed by atoms with E-state index in [9.17, 15) is 4.79 Å². The number of rotatable bonds is 8. The number of aryl methyl sites for hydroxylation is 1. The summed E-state index contributed by atoms with van der Waals surface area (Å²) in [6.45, 7) is 2.94. The first-order valence-electron chi connectivity index (χ1n) is 8.45. The van der Waals surface area contributed by atoms with Crippen molar-refractivity contribution in [3.8, 4) is 11.5 Å². The Morgan fingerprint density at radius 2 is 1.77 bits per heavy atom. The van der Waals surface area contributed by atoms with E-state index in [2.05, 4.69) is 9.97 Å². The maximum absolute atomic E-state index is 12.6. The third kappa shape index (κ3) is 5.08. The maximum Gasteiger partial charge on any atom is 0.257 e. The van der Waals surface area contributed by atoms with Gasteiger partial charge in [-0.05, 0) is 37.6 Å². The van der Waals surface area contributed by atoms with Crippen LogP contribution in [0.2, 0.25) is 0 Å². The molecule has 0 aliphatic carbocycles. The SMILES string of the molecule is COc1ccc(OCCCN(C)C(=O)c2cnc(N(C)C)nc2C)cc1. The fourth-order valence-electron chi connectivity index (χ4n) is 2.35. The molecule has 0 bridgehead atoms. The fraction of sp³-hybridized carbons (Fsp3) is 0.421. The van der Waals surface area contributed by atoms with Gasteiger partial charge in [0.1, 0.15) is 11.5 Å². The summed E-state index contributed by atoms with van der Waals surface area (Å²) in [5, 5.41) is 0. The van der Waals surface area contributed by atoms with E-state index in [1.165, 1.54) is 0 Å². The Morgan fingerprint density at radius 1 is 1.12 bits per heavy atom. The molecule has 1 heterocycles. The predicted octanol–water partition coefficient (Wildman–Crippen LogP) is 2.40. The van der Waals surface area contributed by atoms with Crippen LogP contribution in [0.1, 0.15) is 22.5 Å². The molecule has 7 nitrogen and oxygen atoms in total. The van der Waals surface area contributed by atoms with Crippen LogP contribution in [0.4, 0.5) is 5.95 Å². The number of hydrogen-bond donors (Lipinski definition) is 0. The molecule has 0 radical (unpaired) electrons. The number of amides is 1. The van der Waals surface area contributed by atoms with Crippen LogP contribution in [0.25, 0.3) is 0 Å². The largest absolute Gasteiger partial charge is 0.497 e. The van der Waals surface area contributed by atoms with E-state index in [1.54, 1.807) is 25.3 Å². The van der Waals surface area contributed by atoms with E-state index in [0.717, 1.165) is 17.9 Å². The Balaban J connectivity index is 1.83. The molecule has 0 fully saturated rings. The van der Waals surface area contributed by atoms with Crippen LogP contribution in [0.5, 0.6) is 11.5 Å². The van der Waals surface area contributed by atoms with Gasteiger partial charge in [0.2, 0.25) is 5.95 Å². The van der Waals surface area contributed by atoms with Gasteiger partial charge in [0, 0.05) is 33.9 Å². The average molecular weight is 358 g/mol. The number of benzene rings is 1. The van der Waals surface area contributed by atoms with Crippen molar-refractivity contribution >= 4 is 11.9 Å². The summed E-state index contributed by atoms with van der Waals surface area (Å²) in [7, 11) is 7.13. The van der Waals surface area contributed by atoms with Crippen LogP contribution in [0.15, 0.2) is 30.5 Å². The Labute approximate surface area is 154 Å². The zero-order chi connectivity index (χ0) is 19.1. The Hall–Kier alpha value is -2.83. The van der Waals surface area contributed by atoms with Gasteiger partial charge in [-0.3, -0.25) is 4.79 Å². The molecule has 1 aromatic carbocycles. The van der Waals surface area contributed by atoms with Crippen molar-refractivity contribution < 1.29 is 14.3 Å². The quantitative estimate of drug-likeness (QED) is 0.675. The zero-order valence-electron chi connectivity index (χ0n) is 16.0. The first-order valence-corrected chi connectivity index (χ1v) is 8.45. The summed E-state index contributed by atoms with van der Waals surface area (Å²) >= 11 is 0. The number of ether oxygens (including phenoxy) is 2. The van der Waals surface area contributed by atoms with Crippen molar-refractivity contribution in [2.45, 2.75) is 13.3 Å². The molecule has 2 rings (SSSR count). The summed E-state index contributed by atoms with van der Waals surface area (Å²) in [6.07, 6.45) is 2.31. The highest BCUT2D eigenvalue weighted by Gasteiger charge is 2.16. The van der Waals surface area contributed by atoms with Gasteiger partial charge in [0.15, 0.2) is 0 Å². The lowest BCUT2D eigenvalue weighted by molar-refractivity contribution is 0.0786. The van der Waals surface area contributed by atoms with Gasteiger partial charge in [-0.2, -0.15) is 0 Å². The van der Waals surface area contributed by atoms with Crippen molar-refractivity contribution in [1.29, 1.82) is 0 Å². The summed E-state index contributed by atoms with van der Waals surface area (Å²) in [5.41, 5.74) is 1.20. The number of carbonyl (C=O) groups excluding carboxylic acids is 1. The third-order valence-electron chi connectivity index (χ3n) is 3.91. The molecule has 0 N–H and O–H groups in total.